The van der Waals surface area contributed by atoms with Gasteiger partial charge in [-0.3, -0.25) is 14.4 Å². The lowest BCUT2D eigenvalue weighted by Crippen LogP contribution is -2.30. The van der Waals surface area contributed by atoms with Crippen LogP contribution in [0.5, 0.6) is 0 Å². The van der Waals surface area contributed by atoms with Crippen LogP contribution in [-0.2, 0) is 28.6 Å². The van der Waals surface area contributed by atoms with E-state index in [0.29, 0.717) is 19.3 Å². The molecule has 0 amide bonds. The lowest BCUT2D eigenvalue weighted by Gasteiger charge is -2.18. The highest BCUT2D eigenvalue weighted by molar-refractivity contribution is 5.71. The molecular formula is C52H100O6. The van der Waals surface area contributed by atoms with Crippen molar-refractivity contribution in [1.29, 1.82) is 0 Å². The largest absolute Gasteiger partial charge is 0.462 e. The fourth-order valence-corrected chi connectivity index (χ4v) is 7.81. The lowest BCUT2D eigenvalue weighted by atomic mass is 10.0. The van der Waals surface area contributed by atoms with Crippen molar-refractivity contribution in [1.82, 2.24) is 0 Å². The second-order valence-corrected chi connectivity index (χ2v) is 18.8. The molecule has 6 nitrogen and oxygen atoms in total. The molecule has 0 aromatic carbocycles. The number of carbonyl (C=O) groups is 3. The molecule has 0 rings (SSSR count). The van der Waals surface area contributed by atoms with E-state index in [1.54, 1.807) is 0 Å². The summed E-state index contributed by atoms with van der Waals surface area (Å²) < 4.78 is 16.8. The molecule has 6 heteroatoms. The first kappa shape index (κ1) is 56.4. The second kappa shape index (κ2) is 44.9. The van der Waals surface area contributed by atoms with E-state index in [4.69, 9.17) is 14.2 Å². The Morgan fingerprint density at radius 1 is 0.328 bits per heavy atom. The van der Waals surface area contributed by atoms with Gasteiger partial charge in [0.05, 0.1) is 0 Å². The maximum atomic E-state index is 12.8. The Labute approximate surface area is 361 Å². The third-order valence-electron chi connectivity index (χ3n) is 11.7. The zero-order valence-electron chi connectivity index (χ0n) is 39.7. The fourth-order valence-electron chi connectivity index (χ4n) is 7.81. The van der Waals surface area contributed by atoms with Gasteiger partial charge in [0.2, 0.25) is 0 Å². The summed E-state index contributed by atoms with van der Waals surface area (Å²) in [5.74, 6) is 0.797. The van der Waals surface area contributed by atoms with Crippen molar-refractivity contribution >= 4 is 17.9 Å². The van der Waals surface area contributed by atoms with Gasteiger partial charge in [-0.2, -0.15) is 0 Å². The first-order valence-corrected chi connectivity index (χ1v) is 25.7. The zero-order chi connectivity index (χ0) is 42.6. The van der Waals surface area contributed by atoms with Crippen molar-refractivity contribution in [2.45, 2.75) is 291 Å². The summed E-state index contributed by atoms with van der Waals surface area (Å²) in [5, 5.41) is 0. The smallest absolute Gasteiger partial charge is 0.306 e. The molecule has 0 aliphatic carbocycles. The Hall–Kier alpha value is -1.59. The van der Waals surface area contributed by atoms with E-state index in [1.165, 1.54) is 173 Å². The average molecular weight is 821 g/mol. The molecule has 0 heterocycles. The van der Waals surface area contributed by atoms with E-state index < -0.39 is 6.10 Å². The molecule has 0 fully saturated rings. The molecule has 0 N–H and O–H groups in total. The molecule has 58 heavy (non-hydrogen) atoms. The highest BCUT2D eigenvalue weighted by Crippen LogP contribution is 2.17. The van der Waals surface area contributed by atoms with E-state index in [9.17, 15) is 14.4 Å². The molecule has 0 radical (unpaired) electrons. The van der Waals surface area contributed by atoms with Crippen LogP contribution in [0, 0.1) is 11.8 Å². The van der Waals surface area contributed by atoms with E-state index in [2.05, 4.69) is 34.6 Å². The number of hydrogen-bond acceptors (Lipinski definition) is 6. The molecule has 0 spiro atoms. The first-order chi connectivity index (χ1) is 28.2. The molecule has 344 valence electrons. The van der Waals surface area contributed by atoms with Crippen LogP contribution in [-0.4, -0.2) is 37.2 Å². The van der Waals surface area contributed by atoms with Crippen LogP contribution >= 0.6 is 0 Å². The molecule has 0 unspecified atom stereocenters. The molecule has 0 aromatic heterocycles. The molecule has 0 bridgehead atoms. The summed E-state index contributed by atoms with van der Waals surface area (Å²) in [5.41, 5.74) is 0. The summed E-state index contributed by atoms with van der Waals surface area (Å²) in [4.78, 5) is 37.9. The molecule has 0 saturated heterocycles. The van der Waals surface area contributed by atoms with E-state index in [-0.39, 0.29) is 31.1 Å². The number of esters is 3. The van der Waals surface area contributed by atoms with Crippen molar-refractivity contribution in [3.63, 3.8) is 0 Å². The summed E-state index contributed by atoms with van der Waals surface area (Å²) >= 11 is 0. The predicted octanol–water partition coefficient (Wildman–Crippen LogP) is 16.5. The first-order valence-electron chi connectivity index (χ1n) is 25.7. The Morgan fingerprint density at radius 2 is 0.569 bits per heavy atom. The molecule has 0 aromatic rings. The Morgan fingerprint density at radius 3 is 0.845 bits per heavy atom. The molecule has 0 saturated carbocycles. The van der Waals surface area contributed by atoms with Crippen molar-refractivity contribution in [3.05, 3.63) is 0 Å². The molecular weight excluding hydrogens is 721 g/mol. The molecule has 0 aliphatic heterocycles. The van der Waals surface area contributed by atoms with E-state index in [0.717, 1.165) is 69.6 Å². The Kier molecular flexibility index (Phi) is 43.7. The summed E-state index contributed by atoms with van der Waals surface area (Å²) in [6.45, 7) is 11.4. The number of hydrogen-bond donors (Lipinski definition) is 0. The van der Waals surface area contributed by atoms with Gasteiger partial charge in [-0.15, -0.1) is 0 Å². The average Bonchev–Trinajstić information content (AvgIpc) is 3.19. The normalized spacial score (nSPS) is 12.1. The van der Waals surface area contributed by atoms with Crippen LogP contribution in [0.1, 0.15) is 285 Å². The van der Waals surface area contributed by atoms with Gasteiger partial charge in [-0.1, -0.05) is 247 Å². The van der Waals surface area contributed by atoms with Gasteiger partial charge < -0.3 is 14.2 Å². The van der Waals surface area contributed by atoms with Crippen LogP contribution in [0.2, 0.25) is 0 Å². The van der Waals surface area contributed by atoms with Gasteiger partial charge in [-0.05, 0) is 31.1 Å². The number of unbranched alkanes of at least 4 members (excludes halogenated alkanes) is 31. The van der Waals surface area contributed by atoms with Crippen LogP contribution in [0.4, 0.5) is 0 Å². The van der Waals surface area contributed by atoms with Crippen molar-refractivity contribution in [2.75, 3.05) is 13.2 Å². The Balaban J connectivity index is 4.32. The minimum atomic E-state index is -0.761. The van der Waals surface area contributed by atoms with Gasteiger partial charge in [-0.25, -0.2) is 0 Å². The highest BCUT2D eigenvalue weighted by atomic mass is 16.6. The number of carbonyl (C=O) groups excluding carboxylic acids is 3. The minimum Gasteiger partial charge on any atom is -0.462 e. The van der Waals surface area contributed by atoms with Crippen LogP contribution < -0.4 is 0 Å². The summed E-state index contributed by atoms with van der Waals surface area (Å²) in [7, 11) is 0. The number of rotatable bonds is 46. The second-order valence-electron chi connectivity index (χ2n) is 18.8. The van der Waals surface area contributed by atoms with Crippen LogP contribution in [0.15, 0.2) is 0 Å². The fraction of sp³-hybridized carbons (Fsp3) is 0.942. The van der Waals surface area contributed by atoms with Crippen LogP contribution in [0.25, 0.3) is 0 Å². The predicted molar refractivity (Wildman–Crippen MR) is 247 cm³/mol. The Bertz CT molecular complexity index is 885. The van der Waals surface area contributed by atoms with Gasteiger partial charge in [0.15, 0.2) is 6.10 Å². The van der Waals surface area contributed by atoms with Crippen LogP contribution in [0.3, 0.4) is 0 Å². The van der Waals surface area contributed by atoms with Crippen molar-refractivity contribution in [2.24, 2.45) is 11.8 Å². The summed E-state index contributed by atoms with van der Waals surface area (Å²) in [6, 6.07) is 0. The van der Waals surface area contributed by atoms with Crippen molar-refractivity contribution < 1.29 is 28.6 Å². The highest BCUT2D eigenvalue weighted by Gasteiger charge is 2.19. The third-order valence-corrected chi connectivity index (χ3v) is 11.7. The van der Waals surface area contributed by atoms with Gasteiger partial charge in [0.25, 0.3) is 0 Å². The van der Waals surface area contributed by atoms with E-state index >= 15 is 0 Å². The quantitative estimate of drug-likeness (QED) is 0.0346. The summed E-state index contributed by atoms with van der Waals surface area (Å²) in [6.07, 6.45) is 45.1. The topological polar surface area (TPSA) is 78.9 Å². The minimum absolute atomic E-state index is 0.0638. The van der Waals surface area contributed by atoms with Crippen molar-refractivity contribution in [3.8, 4) is 0 Å². The lowest BCUT2D eigenvalue weighted by molar-refractivity contribution is -0.167. The zero-order valence-corrected chi connectivity index (χ0v) is 39.7. The number of ether oxygens (including phenoxy) is 3. The van der Waals surface area contributed by atoms with Gasteiger partial charge >= 0.3 is 17.9 Å². The molecule has 0 aliphatic rings. The third kappa shape index (κ3) is 45.5. The SMILES string of the molecule is CCCCCCCCCCCCCCCC(=O)O[C@H](COC(=O)CCCCCCCCCCCCCC(C)C)COC(=O)CCCCCCCCCCCCC(C)C. The molecule has 1 atom stereocenters. The van der Waals surface area contributed by atoms with E-state index in [1.807, 2.05) is 0 Å². The maximum Gasteiger partial charge on any atom is 0.306 e. The maximum absolute atomic E-state index is 12.8. The van der Waals surface area contributed by atoms with Gasteiger partial charge in [0.1, 0.15) is 13.2 Å². The standard InChI is InChI=1S/C52H100O6/c1-6-7-8-9-10-11-12-13-16-24-29-34-39-44-52(55)58-49(46-57-51(54)43-38-33-28-23-19-18-21-26-31-36-41-48(4)5)45-56-50(53)42-37-32-27-22-17-14-15-20-25-30-35-40-47(2)3/h47-49H,6-46H2,1-5H3/t49-/m1/s1. The van der Waals surface area contributed by atoms with Gasteiger partial charge in [0, 0.05) is 19.3 Å². The monoisotopic (exact) mass is 821 g/mol.